The third kappa shape index (κ3) is 7.36. The summed E-state index contributed by atoms with van der Waals surface area (Å²) in [6, 6.07) is 14.7. The number of carbonyl (C=O) groups is 2. The normalized spacial score (nSPS) is 21.1. The van der Waals surface area contributed by atoms with Gasteiger partial charge >= 0.3 is 12.1 Å². The molecule has 1 saturated carbocycles. The van der Waals surface area contributed by atoms with Gasteiger partial charge in [-0.15, -0.1) is 0 Å². The average Bonchev–Trinajstić information content (AvgIpc) is 3.81. The maximum Gasteiger partial charge on any atom is 0.414 e. The Balaban J connectivity index is 0.970. The molecule has 4 aliphatic rings. The van der Waals surface area contributed by atoms with Gasteiger partial charge in [-0.25, -0.2) is 18.4 Å². The van der Waals surface area contributed by atoms with Crippen molar-refractivity contribution in [2.45, 2.75) is 84.0 Å². The van der Waals surface area contributed by atoms with Crippen molar-refractivity contribution in [3.8, 4) is 11.5 Å². The summed E-state index contributed by atoms with van der Waals surface area (Å²) in [6.45, 7) is 11.3. The van der Waals surface area contributed by atoms with Crippen molar-refractivity contribution in [3.05, 3.63) is 93.8 Å². The van der Waals surface area contributed by atoms with E-state index in [0.29, 0.717) is 24.2 Å². The first-order valence-corrected chi connectivity index (χ1v) is 21.6. The zero-order valence-corrected chi connectivity index (χ0v) is 33.2. The Bertz CT molecular complexity index is 2220. The number of halogens is 2. The van der Waals surface area contributed by atoms with E-state index < -0.39 is 44.3 Å². The van der Waals surface area contributed by atoms with Gasteiger partial charge in [0.2, 0.25) is 14.5 Å². The first-order chi connectivity index (χ1) is 26.8. The third-order valence-corrected chi connectivity index (χ3v) is 11.6. The van der Waals surface area contributed by atoms with Gasteiger partial charge in [0, 0.05) is 30.8 Å². The summed E-state index contributed by atoms with van der Waals surface area (Å²) in [4.78, 5) is 43.2. The Morgan fingerprint density at radius 1 is 1.00 bits per heavy atom. The van der Waals surface area contributed by atoms with Crippen LogP contribution in [0, 0.1) is 23.0 Å². The molecule has 2 saturated heterocycles. The van der Waals surface area contributed by atoms with Gasteiger partial charge in [0.05, 0.1) is 41.9 Å². The number of cyclic esters (lactones) is 1. The minimum absolute atomic E-state index is 0.00458. The van der Waals surface area contributed by atoms with E-state index in [9.17, 15) is 14.4 Å². The van der Waals surface area contributed by atoms with Gasteiger partial charge in [-0.05, 0) is 61.5 Å². The molecule has 1 unspecified atom stereocenters. The fourth-order valence-corrected chi connectivity index (χ4v) is 9.09. The molecule has 3 aromatic carbocycles. The summed E-state index contributed by atoms with van der Waals surface area (Å²) < 4.78 is 63.2. The molecular formula is C42H46F2N3O8Si. The second kappa shape index (κ2) is 14.8. The molecule has 8 rings (SSSR count). The topological polar surface area (TPSA) is 109 Å². The number of benzene rings is 3. The second-order valence-electron chi connectivity index (χ2n) is 16.5. The maximum atomic E-state index is 16.2. The van der Waals surface area contributed by atoms with Crippen molar-refractivity contribution >= 4 is 43.4 Å². The van der Waals surface area contributed by atoms with E-state index in [-0.39, 0.29) is 84.0 Å². The van der Waals surface area contributed by atoms with Crippen LogP contribution in [0.25, 0.3) is 10.9 Å². The summed E-state index contributed by atoms with van der Waals surface area (Å²) in [5.41, 5.74) is 0.853. The van der Waals surface area contributed by atoms with Crippen LogP contribution < -0.4 is 24.7 Å². The number of hydrogen-bond acceptors (Lipinski definition) is 9. The predicted molar refractivity (Wildman–Crippen MR) is 208 cm³/mol. The molecule has 0 N–H and O–H groups in total. The number of anilines is 2. The number of nitrogens with zero attached hydrogens (tertiary/aromatic N) is 3. The summed E-state index contributed by atoms with van der Waals surface area (Å²) in [6.07, 6.45) is 2.49. The molecule has 1 amide bonds. The van der Waals surface area contributed by atoms with E-state index in [4.69, 9.17) is 23.4 Å². The summed E-state index contributed by atoms with van der Waals surface area (Å²) in [5, 5.41) is 0.0654. The van der Waals surface area contributed by atoms with Crippen LogP contribution in [0.1, 0.15) is 62.0 Å². The van der Waals surface area contributed by atoms with Crippen LogP contribution in [-0.4, -0.2) is 70.2 Å². The van der Waals surface area contributed by atoms with E-state index in [1.165, 1.54) is 29.3 Å². The summed E-state index contributed by atoms with van der Waals surface area (Å²) in [7, 11) is -1.07. The van der Waals surface area contributed by atoms with Gasteiger partial charge in [0.15, 0.2) is 23.1 Å². The largest absolute Gasteiger partial charge is 0.490 e. The molecule has 4 heterocycles. The molecular weight excluding hydrogens is 741 g/mol. The van der Waals surface area contributed by atoms with Crippen molar-refractivity contribution < 1.29 is 41.7 Å². The SMILES string of the molecule is C[Si](C)OC([C@H]1CN(c2ccc(OC[C@@H]3C[C@H]4COc5c(c(F)cc6c(=O)c(C(=O)OCc7ccccc7)cn(C7CC7)c56)N4C3)c(F)c2)C(=O)O1)C(C)(C)C. The number of hydrogen-bond donors (Lipinski definition) is 0. The molecule has 4 atom stereocenters. The standard InChI is InChI=1S/C42H46F2N3O8Si/c1-42(2,3)39(55-56(4)5)34-20-47(41(50)54-34)27-13-14-33(31(43)16-27)51-22-25-15-28-23-52-38-35-29(17-32(44)36(38)45(28)18-25)37(48)30(19-46(35)26-11-12-26)40(49)53-21-24-9-7-6-8-10-24/h6-10,13-14,16-17,19,25-26,28,34,39H,11-12,15,18,20-23H2,1-5H3/t25-,28+,34-,39?/m1/s1. The van der Waals surface area contributed by atoms with E-state index in [0.717, 1.165) is 18.4 Å². The van der Waals surface area contributed by atoms with Crippen LogP contribution in [0.5, 0.6) is 11.5 Å². The van der Waals surface area contributed by atoms with Crippen molar-refractivity contribution in [1.29, 1.82) is 0 Å². The molecule has 0 bridgehead atoms. The van der Waals surface area contributed by atoms with Crippen molar-refractivity contribution in [2.24, 2.45) is 11.3 Å². The number of aromatic nitrogens is 1. The number of ether oxygens (including phenoxy) is 4. The number of rotatable bonds is 11. The molecule has 1 radical (unpaired) electrons. The van der Waals surface area contributed by atoms with E-state index in [2.05, 4.69) is 0 Å². The highest BCUT2D eigenvalue weighted by Crippen LogP contribution is 2.48. The Hall–Kier alpha value is -4.95. The smallest absolute Gasteiger partial charge is 0.414 e. The minimum atomic E-state index is -1.07. The Labute approximate surface area is 325 Å². The number of amides is 1. The lowest BCUT2D eigenvalue weighted by atomic mass is 9.86. The first-order valence-electron chi connectivity index (χ1n) is 19.2. The van der Waals surface area contributed by atoms with Gasteiger partial charge in [-0.1, -0.05) is 51.1 Å². The van der Waals surface area contributed by atoms with Crippen molar-refractivity contribution in [3.63, 3.8) is 0 Å². The zero-order valence-electron chi connectivity index (χ0n) is 32.2. The molecule has 1 aliphatic carbocycles. The van der Waals surface area contributed by atoms with E-state index in [1.807, 2.05) is 73.7 Å². The molecule has 4 aromatic rings. The third-order valence-electron chi connectivity index (χ3n) is 10.9. The first kappa shape index (κ1) is 37.9. The second-order valence-corrected chi connectivity index (χ2v) is 18.5. The van der Waals surface area contributed by atoms with Gasteiger partial charge in [0.1, 0.15) is 30.6 Å². The van der Waals surface area contributed by atoms with Crippen molar-refractivity contribution in [2.75, 3.05) is 36.1 Å². The molecule has 3 fully saturated rings. The average molecular weight is 787 g/mol. The highest BCUT2D eigenvalue weighted by atomic mass is 28.3. The van der Waals surface area contributed by atoms with E-state index >= 15 is 8.78 Å². The van der Waals surface area contributed by atoms with Crippen LogP contribution in [0.15, 0.2) is 65.6 Å². The minimum Gasteiger partial charge on any atom is -0.490 e. The lowest BCUT2D eigenvalue weighted by Gasteiger charge is -2.35. The molecule has 295 valence electrons. The van der Waals surface area contributed by atoms with Crippen molar-refractivity contribution in [1.82, 2.24) is 4.57 Å². The maximum absolute atomic E-state index is 16.2. The molecule has 11 nitrogen and oxygen atoms in total. The van der Waals surface area contributed by atoms with Crippen LogP contribution in [0.2, 0.25) is 13.1 Å². The van der Waals surface area contributed by atoms with Crippen LogP contribution in [-0.2, 0) is 20.5 Å². The molecule has 0 spiro atoms. The number of carbonyl (C=O) groups excluding carboxylic acids is 2. The quantitative estimate of drug-likeness (QED) is 0.112. The lowest BCUT2D eigenvalue weighted by molar-refractivity contribution is -0.0143. The Morgan fingerprint density at radius 2 is 1.77 bits per heavy atom. The monoisotopic (exact) mass is 786 g/mol. The number of fused-ring (bicyclic) bond motifs is 5. The Kier molecular flexibility index (Phi) is 10.1. The predicted octanol–water partition coefficient (Wildman–Crippen LogP) is 7.65. The van der Waals surface area contributed by atoms with E-state index in [1.54, 1.807) is 6.07 Å². The fourth-order valence-electron chi connectivity index (χ4n) is 8.08. The molecule has 56 heavy (non-hydrogen) atoms. The molecule has 1 aromatic heterocycles. The lowest BCUT2D eigenvalue weighted by Crippen LogP contribution is -2.44. The summed E-state index contributed by atoms with van der Waals surface area (Å²) >= 11 is 0. The molecule has 14 heteroatoms. The highest BCUT2D eigenvalue weighted by molar-refractivity contribution is 6.48. The van der Waals surface area contributed by atoms with Crippen LogP contribution in [0.4, 0.5) is 25.0 Å². The summed E-state index contributed by atoms with van der Waals surface area (Å²) in [5.74, 6) is -1.76. The van der Waals surface area contributed by atoms with Gasteiger partial charge in [0.25, 0.3) is 0 Å². The van der Waals surface area contributed by atoms with Crippen LogP contribution >= 0.6 is 0 Å². The number of esters is 1. The van der Waals surface area contributed by atoms with Gasteiger partial charge in [-0.3, -0.25) is 9.69 Å². The number of pyridine rings is 1. The fraction of sp³-hybridized carbons (Fsp3) is 0.452. The molecule has 3 aliphatic heterocycles. The van der Waals surface area contributed by atoms with Crippen LogP contribution in [0.3, 0.4) is 0 Å². The highest BCUT2D eigenvalue weighted by Gasteiger charge is 2.44. The Morgan fingerprint density at radius 3 is 2.46 bits per heavy atom. The van der Waals surface area contributed by atoms with Gasteiger partial charge in [-0.2, -0.15) is 0 Å². The van der Waals surface area contributed by atoms with Gasteiger partial charge < -0.3 is 32.8 Å². The zero-order chi connectivity index (χ0) is 39.5.